The first kappa shape index (κ1) is 21.3. The summed E-state index contributed by atoms with van der Waals surface area (Å²) in [6.45, 7) is 2.10. The first-order valence-corrected chi connectivity index (χ1v) is 9.45. The van der Waals surface area contributed by atoms with Gasteiger partial charge in [0.15, 0.2) is 11.6 Å². The smallest absolute Gasteiger partial charge is 0.403 e. The van der Waals surface area contributed by atoms with Crippen molar-refractivity contribution < 1.29 is 31.1 Å². The molecule has 0 spiro atoms. The van der Waals surface area contributed by atoms with Gasteiger partial charge in [-0.1, -0.05) is 37.5 Å². The minimum absolute atomic E-state index is 0.187. The van der Waals surface area contributed by atoms with Crippen LogP contribution >= 0.6 is 0 Å². The van der Waals surface area contributed by atoms with E-state index in [1.807, 2.05) is 0 Å². The van der Waals surface area contributed by atoms with Gasteiger partial charge in [-0.05, 0) is 60.6 Å². The van der Waals surface area contributed by atoms with Crippen molar-refractivity contribution in [1.29, 1.82) is 0 Å². The summed E-state index contributed by atoms with van der Waals surface area (Å²) >= 11 is 0. The predicted octanol–water partition coefficient (Wildman–Crippen LogP) is 7.58. The normalized spacial score (nSPS) is 13.8. The zero-order valence-corrected chi connectivity index (χ0v) is 15.8. The molecule has 0 fully saturated rings. The van der Waals surface area contributed by atoms with Gasteiger partial charge in [0.1, 0.15) is 11.6 Å². The van der Waals surface area contributed by atoms with Crippen LogP contribution in [-0.2, 0) is 6.42 Å². The minimum atomic E-state index is -5.06. The first-order chi connectivity index (χ1) is 13.7. The van der Waals surface area contributed by atoms with E-state index in [1.54, 1.807) is 6.08 Å². The second kappa shape index (κ2) is 8.51. The molecule has 0 radical (unpaired) electrons. The largest absolute Gasteiger partial charge is 0.573 e. The average Bonchev–Trinajstić information content (AvgIpc) is 2.63. The summed E-state index contributed by atoms with van der Waals surface area (Å²) < 4.78 is 84.1. The fourth-order valence-electron chi connectivity index (χ4n) is 3.57. The summed E-state index contributed by atoms with van der Waals surface area (Å²) in [5.41, 5.74) is 1.28. The summed E-state index contributed by atoms with van der Waals surface area (Å²) in [5, 5.41) is 0. The molecular formula is C22H20F6O. The molecule has 0 N–H and O–H groups in total. The molecule has 0 saturated heterocycles. The highest BCUT2D eigenvalue weighted by Gasteiger charge is 2.32. The summed E-state index contributed by atoms with van der Waals surface area (Å²) in [6.07, 6.45) is 1.86. The quantitative estimate of drug-likeness (QED) is 0.350. The van der Waals surface area contributed by atoms with Crippen LogP contribution in [0.15, 0.2) is 29.8 Å². The van der Waals surface area contributed by atoms with Gasteiger partial charge in [0.05, 0.1) is 5.56 Å². The maximum atomic E-state index is 15.0. The lowest BCUT2D eigenvalue weighted by Crippen LogP contribution is -2.18. The van der Waals surface area contributed by atoms with Crippen LogP contribution in [0, 0.1) is 17.5 Å². The molecule has 0 heterocycles. The SMILES string of the molecule is CCCCCC1=Cc2cc(F)c(-c3ccc(OC(F)(F)F)c(F)c3)c(F)c2CC1. The zero-order chi connectivity index (χ0) is 21.2. The average molecular weight is 414 g/mol. The van der Waals surface area contributed by atoms with Crippen molar-refractivity contribution in [2.45, 2.75) is 51.8 Å². The van der Waals surface area contributed by atoms with Crippen LogP contribution in [0.4, 0.5) is 26.3 Å². The van der Waals surface area contributed by atoms with Gasteiger partial charge in [0.2, 0.25) is 0 Å². The van der Waals surface area contributed by atoms with Crippen molar-refractivity contribution in [3.63, 3.8) is 0 Å². The Morgan fingerprint density at radius 3 is 2.38 bits per heavy atom. The van der Waals surface area contributed by atoms with E-state index in [0.29, 0.717) is 36.1 Å². The maximum Gasteiger partial charge on any atom is 0.573 e. The molecule has 156 valence electrons. The fourth-order valence-corrected chi connectivity index (χ4v) is 3.57. The molecule has 1 aliphatic carbocycles. The van der Waals surface area contributed by atoms with Crippen LogP contribution < -0.4 is 4.74 Å². The Morgan fingerprint density at radius 2 is 1.72 bits per heavy atom. The number of rotatable bonds is 6. The molecule has 1 aliphatic rings. The Labute approximate surface area is 165 Å². The lowest BCUT2D eigenvalue weighted by molar-refractivity contribution is -0.275. The standard InChI is InChI=1S/C22H20F6O/c1-2-3-4-5-13-6-8-16-15(10-13)12-18(24)20(21(16)25)14-7-9-19(17(23)11-14)29-22(26,27)28/h7,9-12H,2-6,8H2,1H3. The number of allylic oxidation sites excluding steroid dienone is 1. The zero-order valence-electron chi connectivity index (χ0n) is 15.8. The molecule has 2 aromatic rings. The van der Waals surface area contributed by atoms with E-state index in [4.69, 9.17) is 0 Å². The Hall–Kier alpha value is -2.44. The molecule has 0 atom stereocenters. The molecule has 29 heavy (non-hydrogen) atoms. The number of ether oxygens (including phenoxy) is 1. The summed E-state index contributed by atoms with van der Waals surface area (Å²) in [5.74, 6) is -4.11. The third kappa shape index (κ3) is 4.95. The summed E-state index contributed by atoms with van der Waals surface area (Å²) in [6, 6.07) is 3.56. The van der Waals surface area contributed by atoms with Crippen molar-refractivity contribution >= 4 is 6.08 Å². The highest BCUT2D eigenvalue weighted by molar-refractivity contribution is 5.71. The van der Waals surface area contributed by atoms with Gasteiger partial charge in [-0.15, -0.1) is 13.2 Å². The van der Waals surface area contributed by atoms with E-state index in [0.717, 1.165) is 37.3 Å². The second-order valence-corrected chi connectivity index (χ2v) is 7.07. The van der Waals surface area contributed by atoms with Crippen LogP contribution in [0.1, 0.15) is 50.2 Å². The lowest BCUT2D eigenvalue weighted by atomic mass is 9.87. The summed E-state index contributed by atoms with van der Waals surface area (Å²) in [4.78, 5) is 0. The summed E-state index contributed by atoms with van der Waals surface area (Å²) in [7, 11) is 0. The van der Waals surface area contributed by atoms with Gasteiger partial charge in [-0.3, -0.25) is 0 Å². The van der Waals surface area contributed by atoms with E-state index in [9.17, 15) is 22.0 Å². The molecular weight excluding hydrogens is 394 g/mol. The van der Waals surface area contributed by atoms with Gasteiger partial charge in [0, 0.05) is 0 Å². The van der Waals surface area contributed by atoms with E-state index < -0.39 is 35.1 Å². The lowest BCUT2D eigenvalue weighted by Gasteiger charge is -2.20. The Morgan fingerprint density at radius 1 is 0.966 bits per heavy atom. The number of hydrogen-bond acceptors (Lipinski definition) is 1. The molecule has 0 aliphatic heterocycles. The van der Waals surface area contributed by atoms with Crippen LogP contribution in [0.3, 0.4) is 0 Å². The molecule has 0 saturated carbocycles. The van der Waals surface area contributed by atoms with Crippen LogP contribution in [0.2, 0.25) is 0 Å². The highest BCUT2D eigenvalue weighted by atomic mass is 19.4. The van der Waals surface area contributed by atoms with Crippen molar-refractivity contribution in [3.8, 4) is 16.9 Å². The molecule has 0 aromatic heterocycles. The Kier molecular flexibility index (Phi) is 6.24. The van der Waals surface area contributed by atoms with Crippen molar-refractivity contribution in [2.75, 3.05) is 0 Å². The van der Waals surface area contributed by atoms with Gasteiger partial charge >= 0.3 is 6.36 Å². The van der Waals surface area contributed by atoms with E-state index in [2.05, 4.69) is 11.7 Å². The van der Waals surface area contributed by atoms with Gasteiger partial charge < -0.3 is 4.74 Å². The fraction of sp³-hybridized carbons (Fsp3) is 0.364. The van der Waals surface area contributed by atoms with Crippen LogP contribution in [0.25, 0.3) is 17.2 Å². The Balaban J connectivity index is 1.94. The van der Waals surface area contributed by atoms with Crippen molar-refractivity contribution in [2.24, 2.45) is 0 Å². The molecule has 2 aromatic carbocycles. The topological polar surface area (TPSA) is 9.23 Å². The van der Waals surface area contributed by atoms with E-state index in [1.165, 1.54) is 6.07 Å². The van der Waals surface area contributed by atoms with E-state index >= 15 is 4.39 Å². The second-order valence-electron chi connectivity index (χ2n) is 7.07. The van der Waals surface area contributed by atoms with Gasteiger partial charge in [-0.2, -0.15) is 0 Å². The first-order valence-electron chi connectivity index (χ1n) is 9.45. The molecule has 0 amide bonds. The highest BCUT2D eigenvalue weighted by Crippen LogP contribution is 2.37. The number of benzene rings is 2. The van der Waals surface area contributed by atoms with Gasteiger partial charge in [-0.25, -0.2) is 13.2 Å². The number of unbranched alkanes of at least 4 members (excludes halogenated alkanes) is 2. The number of fused-ring (bicyclic) bond motifs is 1. The maximum absolute atomic E-state index is 15.0. The van der Waals surface area contributed by atoms with Gasteiger partial charge in [0.25, 0.3) is 0 Å². The van der Waals surface area contributed by atoms with Crippen molar-refractivity contribution in [3.05, 3.63) is 58.4 Å². The van der Waals surface area contributed by atoms with Crippen molar-refractivity contribution in [1.82, 2.24) is 0 Å². The monoisotopic (exact) mass is 414 g/mol. The number of alkyl halides is 3. The molecule has 7 heteroatoms. The molecule has 3 rings (SSSR count). The third-order valence-corrected chi connectivity index (χ3v) is 4.96. The Bertz CT molecular complexity index is 930. The number of hydrogen-bond donors (Lipinski definition) is 0. The molecule has 0 bridgehead atoms. The minimum Gasteiger partial charge on any atom is -0.403 e. The van der Waals surface area contributed by atoms with Crippen LogP contribution in [-0.4, -0.2) is 6.36 Å². The number of halogens is 6. The molecule has 1 nitrogen and oxygen atoms in total. The molecule has 0 unspecified atom stereocenters. The van der Waals surface area contributed by atoms with E-state index in [-0.39, 0.29) is 5.56 Å². The predicted molar refractivity (Wildman–Crippen MR) is 98.9 cm³/mol. The van der Waals surface area contributed by atoms with Crippen LogP contribution in [0.5, 0.6) is 5.75 Å². The third-order valence-electron chi connectivity index (χ3n) is 4.96.